The first-order valence-electron chi connectivity index (χ1n) is 10.00. The highest BCUT2D eigenvalue weighted by atomic mass is 79.9. The Bertz CT molecular complexity index is 1130. The van der Waals surface area contributed by atoms with Gasteiger partial charge >= 0.3 is 0 Å². The van der Waals surface area contributed by atoms with E-state index in [1.54, 1.807) is 24.2 Å². The fourth-order valence-corrected chi connectivity index (χ4v) is 4.34. The number of hydrogen-bond donors (Lipinski definition) is 0. The molecular formula is C24H21BrN4OS. The number of carbonyl (C=O) groups is 1. The van der Waals surface area contributed by atoms with Crippen molar-refractivity contribution in [2.45, 2.75) is 24.5 Å². The normalized spacial score (nSPS) is 10.9. The lowest BCUT2D eigenvalue weighted by Gasteiger charge is -2.10. The van der Waals surface area contributed by atoms with Gasteiger partial charge in [-0.2, -0.15) is 0 Å². The molecule has 4 aromatic rings. The lowest BCUT2D eigenvalue weighted by molar-refractivity contribution is 0.0982. The maximum Gasteiger partial charge on any atom is 0.191 e. The molecule has 5 nitrogen and oxygen atoms in total. The van der Waals surface area contributed by atoms with Gasteiger partial charge in [-0.25, -0.2) is 0 Å². The zero-order valence-corrected chi connectivity index (χ0v) is 19.2. The van der Waals surface area contributed by atoms with Gasteiger partial charge in [0.25, 0.3) is 0 Å². The number of ketones is 1. The van der Waals surface area contributed by atoms with Gasteiger partial charge in [-0.1, -0.05) is 70.2 Å². The van der Waals surface area contributed by atoms with E-state index in [9.17, 15) is 4.79 Å². The van der Waals surface area contributed by atoms with Crippen LogP contribution in [0.4, 0.5) is 0 Å². The SMILES string of the molecule is O=C(CCCSc1nnc(-c2ccncc2)n1Cc1ccccc1)c1ccc(Br)cc1. The molecule has 2 heterocycles. The van der Waals surface area contributed by atoms with Crippen molar-refractivity contribution in [3.63, 3.8) is 0 Å². The summed E-state index contributed by atoms with van der Waals surface area (Å²) in [4.78, 5) is 16.5. The summed E-state index contributed by atoms with van der Waals surface area (Å²) in [6.07, 6.45) is 4.82. The molecule has 0 unspecified atom stereocenters. The maximum absolute atomic E-state index is 12.4. The number of nitrogens with zero attached hydrogens (tertiary/aromatic N) is 4. The molecule has 0 amide bonds. The van der Waals surface area contributed by atoms with E-state index >= 15 is 0 Å². The number of benzene rings is 2. The molecule has 7 heteroatoms. The van der Waals surface area contributed by atoms with Crippen LogP contribution in [0.25, 0.3) is 11.4 Å². The van der Waals surface area contributed by atoms with Crippen molar-refractivity contribution in [1.29, 1.82) is 0 Å². The summed E-state index contributed by atoms with van der Waals surface area (Å²) >= 11 is 5.04. The Labute approximate surface area is 194 Å². The van der Waals surface area contributed by atoms with E-state index < -0.39 is 0 Å². The molecule has 0 atom stereocenters. The third kappa shape index (κ3) is 5.68. The van der Waals surface area contributed by atoms with E-state index in [1.165, 1.54) is 5.56 Å². The van der Waals surface area contributed by atoms with Crippen molar-refractivity contribution in [2.24, 2.45) is 0 Å². The summed E-state index contributed by atoms with van der Waals surface area (Å²) in [6.45, 7) is 0.686. The van der Waals surface area contributed by atoms with Crippen LogP contribution in [0.1, 0.15) is 28.8 Å². The third-order valence-corrected chi connectivity index (χ3v) is 6.37. The number of carbonyl (C=O) groups excluding carboxylic acids is 1. The molecule has 0 N–H and O–H groups in total. The second kappa shape index (κ2) is 10.5. The Morgan fingerprint density at radius 3 is 2.42 bits per heavy atom. The van der Waals surface area contributed by atoms with Crippen molar-refractivity contribution in [3.05, 3.63) is 94.7 Å². The number of aromatic nitrogens is 4. The number of halogens is 1. The van der Waals surface area contributed by atoms with E-state index in [4.69, 9.17) is 0 Å². The Balaban J connectivity index is 1.44. The Morgan fingerprint density at radius 2 is 1.68 bits per heavy atom. The van der Waals surface area contributed by atoms with Gasteiger partial charge in [0.2, 0.25) is 0 Å². The van der Waals surface area contributed by atoms with Crippen LogP contribution >= 0.6 is 27.7 Å². The van der Waals surface area contributed by atoms with E-state index in [1.807, 2.05) is 54.6 Å². The number of pyridine rings is 1. The molecule has 0 fully saturated rings. The highest BCUT2D eigenvalue weighted by Gasteiger charge is 2.15. The fraction of sp³-hybridized carbons (Fsp3) is 0.167. The summed E-state index contributed by atoms with van der Waals surface area (Å²) in [5.74, 6) is 1.78. The highest BCUT2D eigenvalue weighted by molar-refractivity contribution is 9.10. The van der Waals surface area contributed by atoms with Gasteiger partial charge in [0, 0.05) is 40.2 Å². The highest BCUT2D eigenvalue weighted by Crippen LogP contribution is 2.26. The zero-order valence-electron chi connectivity index (χ0n) is 16.8. The molecule has 2 aromatic heterocycles. The first-order valence-corrected chi connectivity index (χ1v) is 11.8. The molecule has 2 aromatic carbocycles. The van der Waals surface area contributed by atoms with Gasteiger partial charge < -0.3 is 0 Å². The molecule has 0 spiro atoms. The van der Waals surface area contributed by atoms with Crippen molar-refractivity contribution in [1.82, 2.24) is 19.7 Å². The molecule has 0 aliphatic carbocycles. The number of Topliss-reactive ketones (excluding diaryl/α,β-unsaturated/α-hetero) is 1. The standard InChI is InChI=1S/C24H21BrN4OS/c25-21-10-8-19(9-11-21)22(30)7-4-16-31-24-28-27-23(20-12-14-26-15-13-20)29(24)17-18-5-2-1-3-6-18/h1-3,5-6,8-15H,4,7,16-17H2. The molecular weight excluding hydrogens is 472 g/mol. The summed E-state index contributed by atoms with van der Waals surface area (Å²) in [5, 5.41) is 9.74. The van der Waals surface area contributed by atoms with Gasteiger partial charge in [-0.15, -0.1) is 10.2 Å². The molecule has 0 saturated carbocycles. The third-order valence-electron chi connectivity index (χ3n) is 4.78. The van der Waals surface area contributed by atoms with Crippen LogP contribution in [0.3, 0.4) is 0 Å². The summed E-state index contributed by atoms with van der Waals surface area (Å²) in [5.41, 5.74) is 2.92. The van der Waals surface area contributed by atoms with E-state index in [0.29, 0.717) is 13.0 Å². The average Bonchev–Trinajstić information content (AvgIpc) is 3.20. The minimum atomic E-state index is 0.163. The van der Waals surface area contributed by atoms with Crippen LogP contribution in [-0.2, 0) is 6.54 Å². The average molecular weight is 493 g/mol. The van der Waals surface area contributed by atoms with Crippen LogP contribution in [0.15, 0.2) is 88.8 Å². The second-order valence-electron chi connectivity index (χ2n) is 7.00. The van der Waals surface area contributed by atoms with E-state index in [2.05, 4.69) is 47.8 Å². The van der Waals surface area contributed by atoms with Crippen LogP contribution < -0.4 is 0 Å². The van der Waals surface area contributed by atoms with Gasteiger partial charge in [0.05, 0.1) is 6.54 Å². The minimum absolute atomic E-state index is 0.163. The molecule has 156 valence electrons. The Morgan fingerprint density at radius 1 is 0.935 bits per heavy atom. The van der Waals surface area contributed by atoms with Crippen molar-refractivity contribution in [2.75, 3.05) is 5.75 Å². The molecule has 0 aliphatic rings. The van der Waals surface area contributed by atoms with E-state index in [0.717, 1.165) is 38.8 Å². The predicted molar refractivity (Wildman–Crippen MR) is 127 cm³/mol. The zero-order chi connectivity index (χ0) is 21.5. The minimum Gasteiger partial charge on any atom is -0.298 e. The van der Waals surface area contributed by atoms with Crippen molar-refractivity contribution >= 4 is 33.5 Å². The number of rotatable bonds is 9. The monoisotopic (exact) mass is 492 g/mol. The predicted octanol–water partition coefficient (Wildman–Crippen LogP) is 5.91. The van der Waals surface area contributed by atoms with Gasteiger partial charge in [0.15, 0.2) is 16.8 Å². The first-order chi connectivity index (χ1) is 15.2. The molecule has 0 radical (unpaired) electrons. The molecule has 31 heavy (non-hydrogen) atoms. The van der Waals surface area contributed by atoms with Gasteiger partial charge in [-0.3, -0.25) is 14.3 Å². The Hall–Kier alpha value is -2.77. The smallest absolute Gasteiger partial charge is 0.191 e. The van der Waals surface area contributed by atoms with Gasteiger partial charge in [-0.05, 0) is 36.2 Å². The van der Waals surface area contributed by atoms with Crippen LogP contribution in [0, 0.1) is 0 Å². The van der Waals surface area contributed by atoms with Gasteiger partial charge in [0.1, 0.15) is 0 Å². The lowest BCUT2D eigenvalue weighted by atomic mass is 10.1. The first kappa shape index (κ1) is 21.5. The molecule has 0 bridgehead atoms. The van der Waals surface area contributed by atoms with Crippen LogP contribution in [-0.4, -0.2) is 31.3 Å². The Kier molecular flexibility index (Phi) is 7.27. The number of thioether (sulfide) groups is 1. The maximum atomic E-state index is 12.4. The quantitative estimate of drug-likeness (QED) is 0.165. The largest absolute Gasteiger partial charge is 0.298 e. The molecule has 0 aliphatic heterocycles. The van der Waals surface area contributed by atoms with Crippen LogP contribution in [0.5, 0.6) is 0 Å². The van der Waals surface area contributed by atoms with Crippen LogP contribution in [0.2, 0.25) is 0 Å². The van der Waals surface area contributed by atoms with E-state index in [-0.39, 0.29) is 5.78 Å². The molecule has 0 saturated heterocycles. The second-order valence-corrected chi connectivity index (χ2v) is 8.97. The number of hydrogen-bond acceptors (Lipinski definition) is 5. The molecule has 4 rings (SSSR count). The summed E-state index contributed by atoms with van der Waals surface area (Å²) in [7, 11) is 0. The van der Waals surface area contributed by atoms with Crippen molar-refractivity contribution in [3.8, 4) is 11.4 Å². The summed E-state index contributed by atoms with van der Waals surface area (Å²) < 4.78 is 3.11. The fourth-order valence-electron chi connectivity index (χ4n) is 3.19. The van der Waals surface area contributed by atoms with Crippen molar-refractivity contribution < 1.29 is 4.79 Å². The topological polar surface area (TPSA) is 60.7 Å². The lowest BCUT2D eigenvalue weighted by Crippen LogP contribution is -2.05. The summed E-state index contributed by atoms with van der Waals surface area (Å²) in [6, 6.07) is 21.7.